The Kier molecular flexibility index (Phi) is 54.9. The van der Waals surface area contributed by atoms with Crippen LogP contribution in [0.15, 0.2) is 0 Å². The molecule has 8 aliphatic rings. The Bertz CT molecular complexity index is 2100. The van der Waals surface area contributed by atoms with Crippen molar-refractivity contribution in [2.75, 3.05) is 0 Å². The van der Waals surface area contributed by atoms with Crippen molar-refractivity contribution in [3.05, 3.63) is 0 Å². The molecule has 0 aromatic heterocycles. The van der Waals surface area contributed by atoms with E-state index in [1.54, 1.807) is 0 Å². The second-order valence-electron chi connectivity index (χ2n) is 35.0. The summed E-state index contributed by atoms with van der Waals surface area (Å²) >= 11 is 0. The summed E-state index contributed by atoms with van der Waals surface area (Å²) in [6.45, 7) is 47.1. The van der Waals surface area contributed by atoms with Gasteiger partial charge in [0.1, 0.15) is 28.0 Å². The summed E-state index contributed by atoms with van der Waals surface area (Å²) in [4.78, 5) is 61.4. The maximum Gasteiger partial charge on any atom is 0.312 e. The van der Waals surface area contributed by atoms with Crippen LogP contribution in [0.1, 0.15) is 465 Å². The van der Waals surface area contributed by atoms with Gasteiger partial charge in [0, 0.05) is 5.41 Å². The molecule has 0 heterocycles. The highest BCUT2D eigenvalue weighted by atomic mass is 16.6. The van der Waals surface area contributed by atoms with Gasteiger partial charge in [-0.3, -0.25) is 24.0 Å². The Balaban J connectivity index is -0.000000173. The summed E-state index contributed by atoms with van der Waals surface area (Å²) in [7, 11) is 0. The van der Waals surface area contributed by atoms with Crippen LogP contribution < -0.4 is 0 Å². The first kappa shape index (κ1) is 113. The number of rotatable bonds is 20. The van der Waals surface area contributed by atoms with E-state index in [0.717, 1.165) is 88.4 Å². The van der Waals surface area contributed by atoms with Crippen LogP contribution in [-0.4, -0.2) is 57.9 Å². The van der Waals surface area contributed by atoms with E-state index >= 15 is 0 Å². The fourth-order valence-corrected chi connectivity index (χ4v) is 15.2. The van der Waals surface area contributed by atoms with Crippen LogP contribution >= 0.6 is 0 Å². The monoisotopic (exact) mass is 1430 g/mol. The maximum atomic E-state index is 12.7. The molecule has 0 saturated heterocycles. The molecule has 0 aromatic carbocycles. The van der Waals surface area contributed by atoms with Crippen molar-refractivity contribution in [2.45, 2.75) is 493 Å². The quantitative estimate of drug-likeness (QED) is 0.0857. The Labute approximate surface area is 629 Å². The Hall–Kier alpha value is -2.65. The average molecular weight is 1430 g/mol. The number of hydrogen-bond donors (Lipinski definition) is 0. The van der Waals surface area contributed by atoms with Gasteiger partial charge in [-0.05, 0) is 301 Å². The van der Waals surface area contributed by atoms with E-state index in [2.05, 4.69) is 69.2 Å². The highest BCUT2D eigenvalue weighted by Gasteiger charge is 2.60. The van der Waals surface area contributed by atoms with E-state index in [4.69, 9.17) is 23.7 Å². The molecule has 8 saturated carbocycles. The van der Waals surface area contributed by atoms with Crippen LogP contribution in [0, 0.1) is 62.1 Å². The summed E-state index contributed by atoms with van der Waals surface area (Å²) in [6.07, 6.45) is 42.3. The van der Waals surface area contributed by atoms with Crippen LogP contribution in [-0.2, 0) is 47.7 Å². The van der Waals surface area contributed by atoms with Crippen molar-refractivity contribution in [3.8, 4) is 0 Å². The number of ether oxygens (including phenoxy) is 5. The van der Waals surface area contributed by atoms with Gasteiger partial charge in [-0.15, -0.1) is 0 Å². The Morgan fingerprint density at radius 2 is 0.570 bits per heavy atom. The average Bonchev–Trinajstić information content (AvgIpc) is 0.774. The Morgan fingerprint density at radius 3 is 0.860 bits per heavy atom. The second-order valence-corrected chi connectivity index (χ2v) is 35.0. The predicted octanol–water partition coefficient (Wildman–Crippen LogP) is 29.3. The molecular formula is C90H186O10. The molecule has 8 aliphatic carbocycles. The molecule has 100 heavy (non-hydrogen) atoms. The molecule has 0 N–H and O–H groups in total. The molecule has 1 unspecified atom stereocenters. The third kappa shape index (κ3) is 33.0. The van der Waals surface area contributed by atoms with Gasteiger partial charge in [-0.2, -0.15) is 0 Å². The molecule has 8 rings (SSSR count). The second kappa shape index (κ2) is 48.5. The first-order valence-corrected chi connectivity index (χ1v) is 37.8. The maximum absolute atomic E-state index is 12.7. The van der Waals surface area contributed by atoms with E-state index in [1.165, 1.54) is 161 Å². The lowest BCUT2D eigenvalue weighted by Gasteiger charge is -2.62. The van der Waals surface area contributed by atoms with Crippen molar-refractivity contribution >= 4 is 29.8 Å². The summed E-state index contributed by atoms with van der Waals surface area (Å²) in [5.74, 6) is 3.66. The first-order valence-electron chi connectivity index (χ1n) is 37.8. The minimum atomic E-state index is -0.362. The van der Waals surface area contributed by atoms with Crippen molar-refractivity contribution in [1.82, 2.24) is 0 Å². The lowest BCUT2D eigenvalue weighted by atomic mass is 9.45. The van der Waals surface area contributed by atoms with E-state index < -0.39 is 0 Å². The summed E-state index contributed by atoms with van der Waals surface area (Å²) < 4.78 is 29.6. The lowest BCUT2D eigenvalue weighted by molar-refractivity contribution is -0.212. The van der Waals surface area contributed by atoms with Crippen LogP contribution in [0.5, 0.6) is 0 Å². The van der Waals surface area contributed by atoms with Gasteiger partial charge in [0.05, 0.1) is 27.1 Å². The zero-order chi connectivity index (χ0) is 68.3. The van der Waals surface area contributed by atoms with Gasteiger partial charge in [-0.1, -0.05) is 193 Å². The van der Waals surface area contributed by atoms with E-state index in [1.807, 2.05) is 90.0 Å². The third-order valence-electron chi connectivity index (χ3n) is 24.9. The van der Waals surface area contributed by atoms with Crippen LogP contribution in [0.2, 0.25) is 0 Å². The minimum Gasteiger partial charge on any atom is -0.459 e. The minimum absolute atomic E-state index is 0. The fourth-order valence-electron chi connectivity index (χ4n) is 15.2. The Morgan fingerprint density at radius 1 is 0.320 bits per heavy atom. The highest BCUT2D eigenvalue weighted by molar-refractivity contribution is 5.78. The van der Waals surface area contributed by atoms with Crippen molar-refractivity contribution < 1.29 is 47.7 Å². The molecule has 10 heteroatoms. The van der Waals surface area contributed by atoms with Crippen LogP contribution in [0.3, 0.4) is 0 Å². The van der Waals surface area contributed by atoms with E-state index in [-0.39, 0.29) is 165 Å². The van der Waals surface area contributed by atoms with E-state index in [9.17, 15) is 24.0 Å². The highest BCUT2D eigenvalue weighted by Crippen LogP contribution is 2.65. The van der Waals surface area contributed by atoms with Crippen molar-refractivity contribution in [3.63, 3.8) is 0 Å². The molecule has 0 aromatic rings. The molecule has 0 amide bonds. The normalized spacial score (nSPS) is 22.4. The fraction of sp³-hybridized carbons (Fsp3) is 0.944. The largest absolute Gasteiger partial charge is 0.459 e. The first-order chi connectivity index (χ1) is 41.7. The zero-order valence-corrected chi connectivity index (χ0v) is 63.4. The molecular weight excluding hydrogens is 1240 g/mol. The molecule has 0 aliphatic heterocycles. The molecule has 606 valence electrons. The van der Waals surface area contributed by atoms with Crippen molar-refractivity contribution in [2.24, 2.45) is 62.1 Å². The number of carbonyl (C=O) groups is 5. The summed E-state index contributed by atoms with van der Waals surface area (Å²) in [6, 6.07) is 0. The van der Waals surface area contributed by atoms with Crippen molar-refractivity contribution in [1.29, 1.82) is 0 Å². The van der Waals surface area contributed by atoms with Gasteiger partial charge in [-0.25, -0.2) is 0 Å². The molecule has 10 nitrogen and oxygen atoms in total. The lowest BCUT2D eigenvalue weighted by Crippen LogP contribution is -2.59. The summed E-state index contributed by atoms with van der Waals surface area (Å²) in [5.41, 5.74) is -2.75. The number of carbonyl (C=O) groups excluding carboxylic acids is 5. The smallest absolute Gasteiger partial charge is 0.312 e. The number of esters is 5. The van der Waals surface area contributed by atoms with Gasteiger partial charge in [0.15, 0.2) is 0 Å². The van der Waals surface area contributed by atoms with Gasteiger partial charge < -0.3 is 23.7 Å². The molecule has 1 atom stereocenters. The molecule has 0 radical (unpaired) electrons. The van der Waals surface area contributed by atoms with Gasteiger partial charge >= 0.3 is 29.8 Å². The predicted molar refractivity (Wildman–Crippen MR) is 440 cm³/mol. The van der Waals surface area contributed by atoms with Crippen LogP contribution in [0.25, 0.3) is 0 Å². The standard InChI is InChI=1S/C20H34O2.C16H30O2.2C15H28O2.C14H26O2.10CH4/c1-6-18(3,4)17(21)22-19(5,7-2)20-11-14-8-15(12-20)10-16(9-14)13-20;1-5-15(3,4)14(17)18-16(6-2)12-10-8-7-9-11-13-16;1-6-14(2,3)13(16)17-15(4,5)12-10-8-7-9-11-12;1-5-14(2,3)13(16)17-15(4)11-9-7-6-8-10-12-15;1-6-13(2,3)12(15)16-14(4,5)11-9-7-8-10-11;;;;;;;;;;/h14-16H,6-13H2,1-5H3;5-13H2,1-4H3;12H,6-11H2,1-5H3;5-12H2,1-4H3;11H,6-10H2,1-5H3;10*1H4. The molecule has 0 spiro atoms. The number of hydrogen-bond acceptors (Lipinski definition) is 10. The van der Waals surface area contributed by atoms with Gasteiger partial charge in [0.2, 0.25) is 0 Å². The summed E-state index contributed by atoms with van der Waals surface area (Å²) in [5, 5.41) is 0. The van der Waals surface area contributed by atoms with E-state index in [0.29, 0.717) is 11.8 Å². The molecule has 4 bridgehead atoms. The van der Waals surface area contributed by atoms with Crippen LogP contribution in [0.4, 0.5) is 0 Å². The topological polar surface area (TPSA) is 132 Å². The zero-order valence-electron chi connectivity index (χ0n) is 63.4. The van der Waals surface area contributed by atoms with Gasteiger partial charge in [0.25, 0.3) is 0 Å². The third-order valence-corrected chi connectivity index (χ3v) is 24.9. The molecule has 8 fully saturated rings. The SMILES string of the molecule is C.C.C.C.C.C.C.C.C.C.CCC(C)(C)C(=O)OC(C)(C)C1CCCC1.CCC(C)(C)C(=O)OC(C)(C)C1CCCCC1.CCC(C)(C)C(=O)OC(C)(CC)C12CC3CC(CC(C3)C1)C2.CCC(C)(C)C(=O)OC1(C)CCCCCCC1.CCC1(OC(=O)C(C)(C)CC)CCCCCCC1.